The fourth-order valence-electron chi connectivity index (χ4n) is 4.56. The van der Waals surface area contributed by atoms with Gasteiger partial charge in [0.2, 0.25) is 18.1 Å². The van der Waals surface area contributed by atoms with Crippen molar-refractivity contribution in [2.45, 2.75) is 70.0 Å². The topological polar surface area (TPSA) is 138 Å². The standard InChI is InChI=1S/C23H30N4O7/c1-2-33-23-17(12-20(30)34-23)25-21(31)18-4-3-11-26-19(29)10-9-16(22(32)27(18)26)24-13-14-5-7-15(28)8-6-14/h5-8,16-18,23-24,28H,2-4,9-13H2,1H3,(H,25,31)/t16-,17-,18-,23?/m0/s1. The highest BCUT2D eigenvalue weighted by molar-refractivity contribution is 5.93. The fraction of sp³-hybridized carbons (Fsp3) is 0.565. The van der Waals surface area contributed by atoms with E-state index < -0.39 is 36.3 Å². The molecule has 11 nitrogen and oxygen atoms in total. The number of nitrogens with one attached hydrogen (secondary N) is 2. The molecule has 184 valence electrons. The number of carbonyl (C=O) groups excluding carboxylic acids is 4. The predicted octanol–water partition coefficient (Wildman–Crippen LogP) is 0.173. The van der Waals surface area contributed by atoms with E-state index in [-0.39, 0.29) is 30.4 Å². The SMILES string of the molecule is CCOC1OC(=O)C[C@@H]1NC(=O)[C@@H]1CCCN2C(=O)CC[C@H](NCc3ccc(O)cc3)C(=O)N12. The minimum atomic E-state index is -0.876. The first-order chi connectivity index (χ1) is 16.4. The van der Waals surface area contributed by atoms with Crippen molar-refractivity contribution in [1.29, 1.82) is 0 Å². The van der Waals surface area contributed by atoms with E-state index in [2.05, 4.69) is 10.6 Å². The number of carbonyl (C=O) groups is 4. The molecule has 3 saturated heterocycles. The van der Waals surface area contributed by atoms with Gasteiger partial charge in [0.25, 0.3) is 5.91 Å². The van der Waals surface area contributed by atoms with Crippen LogP contribution in [0.2, 0.25) is 0 Å². The van der Waals surface area contributed by atoms with Gasteiger partial charge in [-0.3, -0.25) is 24.2 Å². The Morgan fingerprint density at radius 2 is 1.97 bits per heavy atom. The molecule has 0 aromatic heterocycles. The number of nitrogens with zero attached hydrogens (tertiary/aromatic N) is 2. The second-order valence-electron chi connectivity index (χ2n) is 8.63. The molecule has 4 rings (SSSR count). The van der Waals surface area contributed by atoms with Crippen LogP contribution < -0.4 is 10.6 Å². The molecule has 1 aromatic carbocycles. The molecule has 11 heteroatoms. The number of cyclic esters (lactones) is 1. The van der Waals surface area contributed by atoms with E-state index in [4.69, 9.17) is 9.47 Å². The quantitative estimate of drug-likeness (QED) is 0.476. The van der Waals surface area contributed by atoms with Crippen molar-refractivity contribution in [2.24, 2.45) is 0 Å². The molecule has 0 bridgehead atoms. The summed E-state index contributed by atoms with van der Waals surface area (Å²) in [5.41, 5.74) is 0.874. The molecule has 3 N–H and O–H groups in total. The maximum atomic E-state index is 13.5. The average molecular weight is 475 g/mol. The molecule has 1 unspecified atom stereocenters. The lowest BCUT2D eigenvalue weighted by Crippen LogP contribution is -2.64. The van der Waals surface area contributed by atoms with Crippen molar-refractivity contribution in [1.82, 2.24) is 20.7 Å². The second-order valence-corrected chi connectivity index (χ2v) is 8.63. The first-order valence-electron chi connectivity index (χ1n) is 11.6. The van der Waals surface area contributed by atoms with Gasteiger partial charge in [-0.05, 0) is 43.9 Å². The molecule has 4 atom stereocenters. The van der Waals surface area contributed by atoms with Crippen molar-refractivity contribution < 1.29 is 33.8 Å². The summed E-state index contributed by atoms with van der Waals surface area (Å²) in [4.78, 5) is 51.3. The van der Waals surface area contributed by atoms with Gasteiger partial charge in [0.05, 0.1) is 12.5 Å². The Balaban J connectivity index is 1.48. The third kappa shape index (κ3) is 5.15. The van der Waals surface area contributed by atoms with E-state index in [1.54, 1.807) is 31.2 Å². The predicted molar refractivity (Wildman–Crippen MR) is 118 cm³/mol. The highest BCUT2D eigenvalue weighted by Crippen LogP contribution is 2.26. The van der Waals surface area contributed by atoms with E-state index >= 15 is 0 Å². The van der Waals surface area contributed by atoms with Crippen LogP contribution >= 0.6 is 0 Å². The minimum Gasteiger partial charge on any atom is -0.508 e. The van der Waals surface area contributed by atoms with E-state index in [0.717, 1.165) is 5.56 Å². The average Bonchev–Trinajstić information content (AvgIpc) is 3.11. The van der Waals surface area contributed by atoms with Crippen LogP contribution in [0, 0.1) is 0 Å². The summed E-state index contributed by atoms with van der Waals surface area (Å²) in [5, 5.41) is 18.1. The van der Waals surface area contributed by atoms with Gasteiger partial charge < -0.3 is 25.2 Å². The number of phenols is 1. The lowest BCUT2D eigenvalue weighted by Gasteiger charge is -2.43. The molecule has 0 saturated carbocycles. The first kappa shape index (κ1) is 24.0. The molecule has 1 aromatic rings. The minimum absolute atomic E-state index is 0.0173. The maximum absolute atomic E-state index is 13.5. The second kappa shape index (κ2) is 10.4. The smallest absolute Gasteiger partial charge is 0.310 e. The molecule has 3 amide bonds. The molecule has 3 aliphatic heterocycles. The summed E-state index contributed by atoms with van der Waals surface area (Å²) < 4.78 is 10.5. The lowest BCUT2D eigenvalue weighted by atomic mass is 10.0. The van der Waals surface area contributed by atoms with E-state index in [0.29, 0.717) is 39.0 Å². The fourth-order valence-corrected chi connectivity index (χ4v) is 4.56. The number of hydrazine groups is 1. The first-order valence-corrected chi connectivity index (χ1v) is 11.6. The third-order valence-corrected chi connectivity index (χ3v) is 6.27. The van der Waals surface area contributed by atoms with Crippen molar-refractivity contribution in [3.05, 3.63) is 29.8 Å². The zero-order chi connectivity index (χ0) is 24.2. The Morgan fingerprint density at radius 1 is 1.21 bits per heavy atom. The van der Waals surface area contributed by atoms with Crippen molar-refractivity contribution in [2.75, 3.05) is 13.2 Å². The number of aromatic hydroxyl groups is 1. The van der Waals surface area contributed by atoms with Gasteiger partial charge in [-0.2, -0.15) is 0 Å². The number of benzene rings is 1. The highest BCUT2D eigenvalue weighted by atomic mass is 16.7. The monoisotopic (exact) mass is 474 g/mol. The van der Waals surface area contributed by atoms with Crippen LogP contribution in [0.15, 0.2) is 24.3 Å². The Bertz CT molecular complexity index is 938. The zero-order valence-corrected chi connectivity index (χ0v) is 19.1. The summed E-state index contributed by atoms with van der Waals surface area (Å²) >= 11 is 0. The molecular formula is C23H30N4O7. The van der Waals surface area contributed by atoms with Crippen molar-refractivity contribution in [3.63, 3.8) is 0 Å². The van der Waals surface area contributed by atoms with Gasteiger partial charge in [-0.1, -0.05) is 12.1 Å². The Hall–Kier alpha value is -3.18. The van der Waals surface area contributed by atoms with Gasteiger partial charge in [-0.25, -0.2) is 5.01 Å². The third-order valence-electron chi connectivity index (χ3n) is 6.27. The van der Waals surface area contributed by atoms with Crippen molar-refractivity contribution in [3.8, 4) is 5.75 Å². The summed E-state index contributed by atoms with van der Waals surface area (Å²) in [6.07, 6.45) is 0.579. The summed E-state index contributed by atoms with van der Waals surface area (Å²) in [6.45, 7) is 2.81. The molecular weight excluding hydrogens is 444 g/mol. The number of amides is 3. The van der Waals surface area contributed by atoms with Gasteiger partial charge in [0.1, 0.15) is 17.8 Å². The van der Waals surface area contributed by atoms with Crippen LogP contribution in [0.3, 0.4) is 0 Å². The summed E-state index contributed by atoms with van der Waals surface area (Å²) in [7, 11) is 0. The Labute approximate surface area is 197 Å². The van der Waals surface area contributed by atoms with Gasteiger partial charge >= 0.3 is 5.97 Å². The van der Waals surface area contributed by atoms with Crippen molar-refractivity contribution >= 4 is 23.7 Å². The van der Waals surface area contributed by atoms with Crippen LogP contribution in [-0.4, -0.2) is 76.4 Å². The summed E-state index contributed by atoms with van der Waals surface area (Å²) in [6, 6.07) is 4.44. The Morgan fingerprint density at radius 3 is 2.71 bits per heavy atom. The lowest BCUT2D eigenvalue weighted by molar-refractivity contribution is -0.177. The molecule has 3 fully saturated rings. The van der Waals surface area contributed by atoms with Gasteiger partial charge in [-0.15, -0.1) is 0 Å². The Kier molecular flexibility index (Phi) is 7.32. The van der Waals surface area contributed by atoms with Gasteiger partial charge in [0.15, 0.2) is 0 Å². The number of ether oxygens (including phenoxy) is 2. The normalized spacial score (nSPS) is 27.3. The largest absolute Gasteiger partial charge is 0.508 e. The van der Waals surface area contributed by atoms with Crippen LogP contribution in [0.1, 0.15) is 44.6 Å². The molecule has 0 aliphatic carbocycles. The zero-order valence-electron chi connectivity index (χ0n) is 19.1. The number of esters is 1. The van der Waals surface area contributed by atoms with Crippen LogP contribution in [0.25, 0.3) is 0 Å². The molecule has 3 aliphatic rings. The number of fused-ring (bicyclic) bond motifs is 1. The molecule has 0 radical (unpaired) electrons. The number of hydrogen-bond donors (Lipinski definition) is 3. The molecule has 34 heavy (non-hydrogen) atoms. The highest BCUT2D eigenvalue weighted by Gasteiger charge is 2.45. The van der Waals surface area contributed by atoms with E-state index in [1.165, 1.54) is 10.0 Å². The number of hydrogen-bond acceptors (Lipinski definition) is 8. The van der Waals surface area contributed by atoms with Crippen LogP contribution in [-0.2, 0) is 35.2 Å². The number of phenolic OH excluding ortho intramolecular Hbond substituents is 1. The van der Waals surface area contributed by atoms with Crippen LogP contribution in [0.5, 0.6) is 5.75 Å². The van der Waals surface area contributed by atoms with Gasteiger partial charge in [0, 0.05) is 26.1 Å². The van der Waals surface area contributed by atoms with E-state index in [1.807, 2.05) is 0 Å². The maximum Gasteiger partial charge on any atom is 0.310 e. The van der Waals surface area contributed by atoms with E-state index in [9.17, 15) is 24.3 Å². The van der Waals surface area contributed by atoms with Crippen LogP contribution in [0.4, 0.5) is 0 Å². The molecule has 0 spiro atoms. The molecule has 3 heterocycles. The summed E-state index contributed by atoms with van der Waals surface area (Å²) in [5.74, 6) is -1.30. The number of rotatable bonds is 7.